The van der Waals surface area contributed by atoms with Crippen LogP contribution in [0.1, 0.15) is 26.3 Å². The molecule has 0 saturated carbocycles. The third-order valence-corrected chi connectivity index (χ3v) is 6.00. The van der Waals surface area contributed by atoms with E-state index in [0.29, 0.717) is 23.5 Å². The monoisotopic (exact) mass is 311 g/mol. The van der Waals surface area contributed by atoms with Crippen molar-refractivity contribution >= 4 is 10.0 Å². The van der Waals surface area contributed by atoms with Crippen molar-refractivity contribution < 1.29 is 8.42 Å². The summed E-state index contributed by atoms with van der Waals surface area (Å²) in [5, 5.41) is 0. The van der Waals surface area contributed by atoms with Crippen molar-refractivity contribution in [1.29, 1.82) is 0 Å². The zero-order valence-electron chi connectivity index (χ0n) is 13.0. The van der Waals surface area contributed by atoms with Crippen molar-refractivity contribution in [3.05, 3.63) is 29.8 Å². The molecule has 1 aromatic carbocycles. The quantitative estimate of drug-likeness (QED) is 0.912. The van der Waals surface area contributed by atoms with Gasteiger partial charge in [-0.25, -0.2) is 8.42 Å². The Bertz CT molecular complexity index is 585. The molecule has 1 aliphatic rings. The fraction of sp³-hybridized carbons (Fsp3) is 0.600. The van der Waals surface area contributed by atoms with Crippen LogP contribution in [-0.4, -0.2) is 49.3 Å². The van der Waals surface area contributed by atoms with Crippen LogP contribution in [-0.2, 0) is 16.6 Å². The second-order valence-corrected chi connectivity index (χ2v) is 8.28. The summed E-state index contributed by atoms with van der Waals surface area (Å²) in [6, 6.07) is 6.99. The fourth-order valence-corrected chi connectivity index (χ4v) is 4.32. The maximum absolute atomic E-state index is 12.8. The van der Waals surface area contributed by atoms with Gasteiger partial charge in [0, 0.05) is 38.3 Å². The summed E-state index contributed by atoms with van der Waals surface area (Å²) in [4.78, 5) is 2.66. The van der Waals surface area contributed by atoms with Crippen molar-refractivity contribution in [2.24, 2.45) is 5.73 Å². The summed E-state index contributed by atoms with van der Waals surface area (Å²) in [6.45, 7) is 9.26. The minimum absolute atomic E-state index is 0.0744. The Morgan fingerprint density at radius 1 is 1.10 bits per heavy atom. The molecule has 0 aromatic heterocycles. The van der Waals surface area contributed by atoms with Crippen LogP contribution >= 0.6 is 0 Å². The zero-order valence-corrected chi connectivity index (χ0v) is 13.9. The van der Waals surface area contributed by atoms with E-state index >= 15 is 0 Å². The van der Waals surface area contributed by atoms with Crippen molar-refractivity contribution in [2.45, 2.75) is 37.8 Å². The summed E-state index contributed by atoms with van der Waals surface area (Å²) in [5.41, 5.74) is 6.42. The number of hydrogen-bond acceptors (Lipinski definition) is 4. The summed E-state index contributed by atoms with van der Waals surface area (Å²) >= 11 is 0. The minimum Gasteiger partial charge on any atom is -0.326 e. The summed E-state index contributed by atoms with van der Waals surface area (Å²) in [5.74, 6) is 0. The molecule has 1 aliphatic heterocycles. The Labute approximate surface area is 127 Å². The molecule has 0 spiro atoms. The molecule has 118 valence electrons. The Balaban J connectivity index is 2.19. The lowest BCUT2D eigenvalue weighted by Crippen LogP contribution is -2.54. The lowest BCUT2D eigenvalue weighted by atomic mass is 10.1. The predicted octanol–water partition coefficient (Wildman–Crippen LogP) is 1.25. The highest BCUT2D eigenvalue weighted by atomic mass is 32.2. The van der Waals surface area contributed by atoms with E-state index in [1.807, 2.05) is 6.07 Å². The minimum atomic E-state index is -3.45. The van der Waals surface area contributed by atoms with Gasteiger partial charge in [-0.1, -0.05) is 18.2 Å². The average molecular weight is 311 g/mol. The lowest BCUT2D eigenvalue weighted by molar-refractivity contribution is 0.0921. The topological polar surface area (TPSA) is 66.6 Å². The molecule has 2 rings (SSSR count). The first-order chi connectivity index (χ1) is 9.76. The first-order valence-corrected chi connectivity index (χ1v) is 8.74. The molecule has 6 heteroatoms. The van der Waals surface area contributed by atoms with Crippen LogP contribution in [0.5, 0.6) is 0 Å². The lowest BCUT2D eigenvalue weighted by Gasteiger charge is -2.41. The second-order valence-electron chi connectivity index (χ2n) is 6.37. The van der Waals surface area contributed by atoms with Crippen LogP contribution in [0.4, 0.5) is 0 Å². The smallest absolute Gasteiger partial charge is 0.243 e. The van der Waals surface area contributed by atoms with Crippen molar-refractivity contribution in [3.63, 3.8) is 0 Å². The van der Waals surface area contributed by atoms with E-state index in [1.54, 1.807) is 22.5 Å². The molecule has 2 N–H and O–H groups in total. The third-order valence-electron chi connectivity index (χ3n) is 4.00. The van der Waals surface area contributed by atoms with Gasteiger partial charge in [0.05, 0.1) is 4.90 Å². The number of hydrogen-bond donors (Lipinski definition) is 1. The first-order valence-electron chi connectivity index (χ1n) is 7.30. The molecular weight excluding hydrogens is 286 g/mol. The first kappa shape index (κ1) is 16.4. The number of sulfonamides is 1. The molecule has 0 radical (unpaired) electrons. The van der Waals surface area contributed by atoms with Gasteiger partial charge in [-0.3, -0.25) is 4.90 Å². The van der Waals surface area contributed by atoms with Gasteiger partial charge >= 0.3 is 0 Å². The molecule has 1 fully saturated rings. The van der Waals surface area contributed by atoms with Crippen molar-refractivity contribution in [2.75, 3.05) is 26.2 Å². The average Bonchev–Trinajstić information content (AvgIpc) is 2.46. The largest absolute Gasteiger partial charge is 0.326 e. The summed E-state index contributed by atoms with van der Waals surface area (Å²) < 4.78 is 27.1. The number of piperazine rings is 1. The molecule has 1 heterocycles. The maximum Gasteiger partial charge on any atom is 0.243 e. The van der Waals surface area contributed by atoms with E-state index in [4.69, 9.17) is 5.73 Å². The number of rotatable bonds is 3. The Morgan fingerprint density at radius 3 is 2.19 bits per heavy atom. The number of nitrogens with zero attached hydrogens (tertiary/aromatic N) is 2. The van der Waals surface area contributed by atoms with Crippen molar-refractivity contribution in [1.82, 2.24) is 9.21 Å². The van der Waals surface area contributed by atoms with Crippen LogP contribution in [0.25, 0.3) is 0 Å². The molecule has 1 saturated heterocycles. The molecule has 0 atom stereocenters. The van der Waals surface area contributed by atoms with E-state index in [9.17, 15) is 8.42 Å². The molecule has 0 unspecified atom stereocenters. The van der Waals surface area contributed by atoms with Crippen LogP contribution in [0.3, 0.4) is 0 Å². The number of benzene rings is 1. The van der Waals surface area contributed by atoms with E-state index in [0.717, 1.165) is 13.1 Å². The molecule has 21 heavy (non-hydrogen) atoms. The molecule has 0 aliphatic carbocycles. The van der Waals surface area contributed by atoms with Crippen LogP contribution in [0, 0.1) is 0 Å². The standard InChI is InChI=1S/C15H25N3O2S/c1-15(2,3)17-8-10-18(11-9-17)21(19,20)14-7-5-4-6-13(14)12-16/h4-7H,8-12,16H2,1-3H3. The van der Waals surface area contributed by atoms with Crippen LogP contribution in [0.15, 0.2) is 29.2 Å². The predicted molar refractivity (Wildman–Crippen MR) is 84.4 cm³/mol. The molecular formula is C15H25N3O2S. The van der Waals surface area contributed by atoms with Gasteiger partial charge in [0.2, 0.25) is 10.0 Å². The Morgan fingerprint density at radius 2 is 1.67 bits per heavy atom. The number of nitrogens with two attached hydrogens (primary N) is 1. The fourth-order valence-electron chi connectivity index (χ4n) is 2.66. The van der Waals surface area contributed by atoms with E-state index in [-0.39, 0.29) is 12.1 Å². The highest BCUT2D eigenvalue weighted by molar-refractivity contribution is 7.89. The van der Waals surface area contributed by atoms with Gasteiger partial charge in [-0.2, -0.15) is 4.31 Å². The molecule has 0 bridgehead atoms. The van der Waals surface area contributed by atoms with Gasteiger partial charge in [0.15, 0.2) is 0 Å². The normalized spacial score (nSPS) is 18.9. The second kappa shape index (κ2) is 6.04. The van der Waals surface area contributed by atoms with Crippen molar-refractivity contribution in [3.8, 4) is 0 Å². The van der Waals surface area contributed by atoms with Crippen LogP contribution < -0.4 is 5.73 Å². The molecule has 1 aromatic rings. The highest BCUT2D eigenvalue weighted by Gasteiger charge is 2.32. The highest BCUT2D eigenvalue weighted by Crippen LogP contribution is 2.23. The Kier molecular flexibility index (Phi) is 4.72. The summed E-state index contributed by atoms with van der Waals surface area (Å²) in [7, 11) is -3.45. The molecule has 5 nitrogen and oxygen atoms in total. The molecule has 0 amide bonds. The van der Waals surface area contributed by atoms with Gasteiger partial charge < -0.3 is 5.73 Å². The van der Waals surface area contributed by atoms with Gasteiger partial charge in [0.1, 0.15) is 0 Å². The zero-order chi connectivity index (χ0) is 15.7. The third kappa shape index (κ3) is 3.45. The van der Waals surface area contributed by atoms with E-state index in [2.05, 4.69) is 25.7 Å². The Hall–Kier alpha value is -0.950. The van der Waals surface area contributed by atoms with E-state index < -0.39 is 10.0 Å². The van der Waals surface area contributed by atoms with E-state index in [1.165, 1.54) is 0 Å². The SMILES string of the molecule is CC(C)(C)N1CCN(S(=O)(=O)c2ccccc2CN)CC1. The van der Waals surface area contributed by atoms with Gasteiger partial charge in [-0.15, -0.1) is 0 Å². The van der Waals surface area contributed by atoms with Crippen LogP contribution in [0.2, 0.25) is 0 Å². The van der Waals surface area contributed by atoms with Gasteiger partial charge in [0.25, 0.3) is 0 Å². The van der Waals surface area contributed by atoms with Gasteiger partial charge in [-0.05, 0) is 32.4 Å². The summed E-state index contributed by atoms with van der Waals surface area (Å²) in [6.07, 6.45) is 0. The maximum atomic E-state index is 12.8.